The van der Waals surface area contributed by atoms with E-state index in [1.807, 2.05) is 13.8 Å². The van der Waals surface area contributed by atoms with Crippen LogP contribution in [0, 0.1) is 5.92 Å². The number of ether oxygens (including phenoxy) is 2. The maximum absolute atomic E-state index is 6.01. The van der Waals surface area contributed by atoms with Crippen molar-refractivity contribution in [2.75, 3.05) is 13.2 Å². The zero-order valence-corrected chi connectivity index (χ0v) is 8.82. The molecule has 1 aliphatic heterocycles. The number of rotatable bonds is 4. The highest BCUT2D eigenvalue weighted by Gasteiger charge is 2.29. The summed E-state index contributed by atoms with van der Waals surface area (Å²) in [6, 6.07) is 0.125. The third kappa shape index (κ3) is 3.25. The van der Waals surface area contributed by atoms with Crippen LogP contribution in [0.2, 0.25) is 0 Å². The minimum Gasteiger partial charge on any atom is -0.378 e. The van der Waals surface area contributed by atoms with Crippen molar-refractivity contribution in [1.29, 1.82) is 0 Å². The molecule has 0 aromatic rings. The molecule has 0 radical (unpaired) electrons. The maximum atomic E-state index is 6.01. The van der Waals surface area contributed by atoms with Crippen LogP contribution < -0.4 is 5.73 Å². The Balaban J connectivity index is 2.25. The summed E-state index contributed by atoms with van der Waals surface area (Å²) >= 11 is 0. The molecule has 0 saturated carbocycles. The van der Waals surface area contributed by atoms with Crippen LogP contribution in [0.15, 0.2) is 0 Å². The van der Waals surface area contributed by atoms with E-state index in [9.17, 15) is 0 Å². The molecule has 1 aliphatic rings. The molecule has 2 N–H and O–H groups in total. The van der Waals surface area contributed by atoms with Gasteiger partial charge in [0, 0.05) is 18.6 Å². The van der Waals surface area contributed by atoms with Crippen LogP contribution in [0.3, 0.4) is 0 Å². The Morgan fingerprint density at radius 1 is 1.54 bits per heavy atom. The molecular formula is C10H21NO2. The molecule has 78 valence electrons. The van der Waals surface area contributed by atoms with E-state index in [2.05, 4.69) is 6.92 Å². The molecule has 0 spiro atoms. The zero-order valence-electron chi connectivity index (χ0n) is 8.82. The average Bonchev–Trinajstić information content (AvgIpc) is 2.47. The molecule has 0 aliphatic carbocycles. The lowest BCUT2D eigenvalue weighted by Crippen LogP contribution is -2.38. The third-order valence-corrected chi connectivity index (χ3v) is 2.61. The molecule has 3 nitrogen and oxygen atoms in total. The van der Waals surface area contributed by atoms with Gasteiger partial charge in [0.2, 0.25) is 0 Å². The van der Waals surface area contributed by atoms with Crippen LogP contribution in [-0.4, -0.2) is 31.5 Å². The minimum atomic E-state index is 0.125. The smallest absolute Gasteiger partial charge is 0.0624 e. The van der Waals surface area contributed by atoms with Crippen molar-refractivity contribution in [2.24, 2.45) is 11.7 Å². The van der Waals surface area contributed by atoms with Crippen molar-refractivity contribution in [2.45, 2.75) is 45.4 Å². The van der Waals surface area contributed by atoms with Crippen LogP contribution >= 0.6 is 0 Å². The molecule has 3 atom stereocenters. The van der Waals surface area contributed by atoms with Gasteiger partial charge >= 0.3 is 0 Å². The van der Waals surface area contributed by atoms with E-state index in [1.165, 1.54) is 0 Å². The fourth-order valence-electron chi connectivity index (χ4n) is 1.74. The van der Waals surface area contributed by atoms with E-state index in [1.54, 1.807) is 0 Å². The van der Waals surface area contributed by atoms with Gasteiger partial charge in [-0.15, -0.1) is 0 Å². The van der Waals surface area contributed by atoms with Gasteiger partial charge in [0.05, 0.1) is 18.8 Å². The summed E-state index contributed by atoms with van der Waals surface area (Å²) in [7, 11) is 0. The Morgan fingerprint density at radius 3 is 2.69 bits per heavy atom. The third-order valence-electron chi connectivity index (χ3n) is 2.61. The van der Waals surface area contributed by atoms with Gasteiger partial charge in [0.15, 0.2) is 0 Å². The van der Waals surface area contributed by atoms with Crippen molar-refractivity contribution >= 4 is 0 Å². The number of hydrogen-bond donors (Lipinski definition) is 1. The first-order valence-corrected chi connectivity index (χ1v) is 5.10. The van der Waals surface area contributed by atoms with Crippen LogP contribution in [-0.2, 0) is 9.47 Å². The van der Waals surface area contributed by atoms with Crippen LogP contribution in [0.1, 0.15) is 27.2 Å². The number of nitrogens with two attached hydrogens (primary N) is 1. The van der Waals surface area contributed by atoms with Gasteiger partial charge in [0.25, 0.3) is 0 Å². The molecule has 0 aromatic carbocycles. The fraction of sp³-hybridized carbons (Fsp3) is 1.00. The van der Waals surface area contributed by atoms with Crippen LogP contribution in [0.4, 0.5) is 0 Å². The summed E-state index contributed by atoms with van der Waals surface area (Å²) in [5.74, 6) is 0.471. The summed E-state index contributed by atoms with van der Waals surface area (Å²) in [6.45, 7) is 7.65. The summed E-state index contributed by atoms with van der Waals surface area (Å²) in [4.78, 5) is 0. The lowest BCUT2D eigenvalue weighted by Gasteiger charge is -2.22. The van der Waals surface area contributed by atoms with Gasteiger partial charge in [0.1, 0.15) is 0 Å². The van der Waals surface area contributed by atoms with Gasteiger partial charge < -0.3 is 15.2 Å². The van der Waals surface area contributed by atoms with Crippen molar-refractivity contribution < 1.29 is 9.47 Å². The van der Waals surface area contributed by atoms with Crippen molar-refractivity contribution in [3.8, 4) is 0 Å². The van der Waals surface area contributed by atoms with Gasteiger partial charge in [-0.25, -0.2) is 0 Å². The quantitative estimate of drug-likeness (QED) is 0.718. The van der Waals surface area contributed by atoms with Crippen molar-refractivity contribution in [3.63, 3.8) is 0 Å². The minimum absolute atomic E-state index is 0.125. The molecule has 1 rings (SSSR count). The molecule has 3 heteroatoms. The molecule has 0 amide bonds. The van der Waals surface area contributed by atoms with E-state index in [-0.39, 0.29) is 12.1 Å². The molecule has 3 unspecified atom stereocenters. The highest BCUT2D eigenvalue weighted by atomic mass is 16.5. The first-order chi connectivity index (χ1) is 6.11. The summed E-state index contributed by atoms with van der Waals surface area (Å²) in [5, 5.41) is 0. The lowest BCUT2D eigenvalue weighted by atomic mass is 9.95. The van der Waals surface area contributed by atoms with E-state index in [0.717, 1.165) is 13.0 Å². The normalized spacial score (nSPS) is 31.2. The zero-order chi connectivity index (χ0) is 9.84. The van der Waals surface area contributed by atoms with Crippen LogP contribution in [0.25, 0.3) is 0 Å². The van der Waals surface area contributed by atoms with Gasteiger partial charge in [-0.05, 0) is 27.2 Å². The summed E-state index contributed by atoms with van der Waals surface area (Å²) < 4.78 is 10.9. The van der Waals surface area contributed by atoms with E-state index in [4.69, 9.17) is 15.2 Å². The average molecular weight is 187 g/mol. The molecular weight excluding hydrogens is 166 g/mol. The van der Waals surface area contributed by atoms with E-state index < -0.39 is 0 Å². The number of hydrogen-bond acceptors (Lipinski definition) is 3. The lowest BCUT2D eigenvalue weighted by molar-refractivity contribution is 0.0413. The Bertz CT molecular complexity index is 150. The van der Waals surface area contributed by atoms with Crippen molar-refractivity contribution in [3.05, 3.63) is 0 Å². The monoisotopic (exact) mass is 187 g/mol. The topological polar surface area (TPSA) is 44.5 Å². The second kappa shape index (κ2) is 4.94. The Morgan fingerprint density at radius 2 is 2.23 bits per heavy atom. The second-order valence-electron chi connectivity index (χ2n) is 4.07. The SMILES string of the molecule is CC(C)OCC(N)C1CCOC1C. The fourth-order valence-corrected chi connectivity index (χ4v) is 1.74. The molecule has 0 bridgehead atoms. The van der Waals surface area contributed by atoms with Gasteiger partial charge in [-0.3, -0.25) is 0 Å². The Labute approximate surface area is 80.6 Å². The Hall–Kier alpha value is -0.120. The summed E-state index contributed by atoms with van der Waals surface area (Å²) in [6.07, 6.45) is 1.64. The largest absolute Gasteiger partial charge is 0.378 e. The standard InChI is InChI=1S/C10H21NO2/c1-7(2)13-6-10(11)9-4-5-12-8(9)3/h7-10H,4-6,11H2,1-3H3. The van der Waals surface area contributed by atoms with Gasteiger partial charge in [-0.2, -0.15) is 0 Å². The second-order valence-corrected chi connectivity index (χ2v) is 4.07. The van der Waals surface area contributed by atoms with Gasteiger partial charge in [-0.1, -0.05) is 0 Å². The highest BCUT2D eigenvalue weighted by molar-refractivity contribution is 4.81. The predicted molar refractivity (Wildman–Crippen MR) is 52.6 cm³/mol. The van der Waals surface area contributed by atoms with E-state index >= 15 is 0 Å². The first kappa shape index (κ1) is 11.0. The maximum Gasteiger partial charge on any atom is 0.0624 e. The van der Waals surface area contributed by atoms with E-state index in [0.29, 0.717) is 18.6 Å². The van der Waals surface area contributed by atoms with Crippen molar-refractivity contribution in [1.82, 2.24) is 0 Å². The first-order valence-electron chi connectivity index (χ1n) is 5.10. The molecule has 1 heterocycles. The highest BCUT2D eigenvalue weighted by Crippen LogP contribution is 2.23. The molecule has 1 fully saturated rings. The predicted octanol–water partition coefficient (Wildman–Crippen LogP) is 1.16. The Kier molecular flexibility index (Phi) is 4.16. The van der Waals surface area contributed by atoms with Crippen LogP contribution in [0.5, 0.6) is 0 Å². The molecule has 1 saturated heterocycles. The molecule has 13 heavy (non-hydrogen) atoms. The molecule has 0 aromatic heterocycles. The summed E-state index contributed by atoms with van der Waals surface area (Å²) in [5.41, 5.74) is 6.01.